The van der Waals surface area contributed by atoms with Gasteiger partial charge in [0.1, 0.15) is 5.82 Å². The first-order chi connectivity index (χ1) is 8.77. The molecule has 0 N–H and O–H groups in total. The van der Waals surface area contributed by atoms with Crippen LogP contribution < -0.4 is 4.90 Å². The summed E-state index contributed by atoms with van der Waals surface area (Å²) in [5, 5.41) is 4.51. The van der Waals surface area contributed by atoms with Crippen molar-refractivity contribution in [3.05, 3.63) is 42.1 Å². The molecular formula is C15H21N3. The molecule has 2 rings (SSSR count). The van der Waals surface area contributed by atoms with Crippen LogP contribution in [0.25, 0.3) is 5.69 Å². The van der Waals surface area contributed by atoms with Crippen molar-refractivity contribution in [3.8, 4) is 5.69 Å². The minimum absolute atomic E-state index is 1.01. The van der Waals surface area contributed by atoms with Crippen LogP contribution in [0.2, 0.25) is 0 Å². The molecule has 0 amide bonds. The van der Waals surface area contributed by atoms with Crippen LogP contribution in [0.3, 0.4) is 0 Å². The summed E-state index contributed by atoms with van der Waals surface area (Å²) < 4.78 is 2.04. The van der Waals surface area contributed by atoms with E-state index in [1.54, 1.807) is 0 Å². The minimum Gasteiger partial charge on any atom is -0.357 e. The van der Waals surface area contributed by atoms with Gasteiger partial charge in [-0.2, -0.15) is 5.10 Å². The SMILES string of the molecule is CCCN(CC)c1c(C)cnn1-c1ccccc1. The summed E-state index contributed by atoms with van der Waals surface area (Å²) in [5.74, 6) is 1.21. The second kappa shape index (κ2) is 5.71. The van der Waals surface area contributed by atoms with Gasteiger partial charge in [0.25, 0.3) is 0 Å². The van der Waals surface area contributed by atoms with Crippen LogP contribution in [-0.4, -0.2) is 22.9 Å². The molecule has 18 heavy (non-hydrogen) atoms. The van der Waals surface area contributed by atoms with Gasteiger partial charge in [0.2, 0.25) is 0 Å². The summed E-state index contributed by atoms with van der Waals surface area (Å²) >= 11 is 0. The van der Waals surface area contributed by atoms with E-state index in [9.17, 15) is 0 Å². The van der Waals surface area contributed by atoms with E-state index in [2.05, 4.69) is 42.9 Å². The second-order valence-corrected chi connectivity index (χ2v) is 4.48. The molecule has 96 valence electrons. The van der Waals surface area contributed by atoms with Gasteiger partial charge in [-0.05, 0) is 32.4 Å². The highest BCUT2D eigenvalue weighted by Gasteiger charge is 2.14. The van der Waals surface area contributed by atoms with Crippen LogP contribution in [0.5, 0.6) is 0 Å². The van der Waals surface area contributed by atoms with Crippen molar-refractivity contribution in [2.24, 2.45) is 0 Å². The second-order valence-electron chi connectivity index (χ2n) is 4.48. The van der Waals surface area contributed by atoms with Gasteiger partial charge in [0.15, 0.2) is 0 Å². The number of hydrogen-bond donors (Lipinski definition) is 0. The maximum atomic E-state index is 4.51. The monoisotopic (exact) mass is 243 g/mol. The lowest BCUT2D eigenvalue weighted by Crippen LogP contribution is -2.26. The molecule has 2 aromatic rings. The Balaban J connectivity index is 2.44. The fraction of sp³-hybridized carbons (Fsp3) is 0.400. The van der Waals surface area contributed by atoms with Gasteiger partial charge >= 0.3 is 0 Å². The normalized spacial score (nSPS) is 10.6. The van der Waals surface area contributed by atoms with Gasteiger partial charge in [-0.3, -0.25) is 0 Å². The Morgan fingerprint density at radius 2 is 1.89 bits per heavy atom. The number of benzene rings is 1. The zero-order valence-corrected chi connectivity index (χ0v) is 11.4. The molecule has 0 unspecified atom stereocenters. The first-order valence-corrected chi connectivity index (χ1v) is 6.63. The zero-order chi connectivity index (χ0) is 13.0. The van der Waals surface area contributed by atoms with Gasteiger partial charge in [0, 0.05) is 18.7 Å². The van der Waals surface area contributed by atoms with E-state index in [4.69, 9.17) is 0 Å². The largest absolute Gasteiger partial charge is 0.357 e. The highest BCUT2D eigenvalue weighted by molar-refractivity contribution is 5.52. The quantitative estimate of drug-likeness (QED) is 0.802. The molecule has 0 saturated carbocycles. The number of aromatic nitrogens is 2. The predicted molar refractivity (Wildman–Crippen MR) is 76.5 cm³/mol. The molecule has 0 aliphatic carbocycles. The van der Waals surface area contributed by atoms with Crippen molar-refractivity contribution in [3.63, 3.8) is 0 Å². The van der Waals surface area contributed by atoms with Crippen LogP contribution in [0, 0.1) is 6.92 Å². The van der Waals surface area contributed by atoms with Crippen molar-refractivity contribution in [1.29, 1.82) is 0 Å². The minimum atomic E-state index is 1.01. The average Bonchev–Trinajstić information content (AvgIpc) is 2.79. The molecule has 0 aliphatic heterocycles. The molecule has 0 fully saturated rings. The summed E-state index contributed by atoms with van der Waals surface area (Å²) in [5.41, 5.74) is 2.35. The molecule has 0 saturated heterocycles. The van der Waals surface area contributed by atoms with Gasteiger partial charge in [-0.25, -0.2) is 4.68 Å². The summed E-state index contributed by atoms with van der Waals surface area (Å²) in [7, 11) is 0. The summed E-state index contributed by atoms with van der Waals surface area (Å²) in [4.78, 5) is 2.38. The third-order valence-electron chi connectivity index (χ3n) is 3.10. The molecule has 3 nitrogen and oxygen atoms in total. The van der Waals surface area contributed by atoms with E-state index in [1.165, 1.54) is 11.4 Å². The predicted octanol–water partition coefficient (Wildman–Crippen LogP) is 3.42. The van der Waals surface area contributed by atoms with Gasteiger partial charge in [-0.15, -0.1) is 0 Å². The van der Waals surface area contributed by atoms with E-state index in [-0.39, 0.29) is 0 Å². The van der Waals surface area contributed by atoms with Crippen LogP contribution in [0.15, 0.2) is 36.5 Å². The van der Waals surface area contributed by atoms with E-state index in [0.29, 0.717) is 0 Å². The molecule has 1 aromatic carbocycles. The van der Waals surface area contributed by atoms with E-state index in [0.717, 1.165) is 25.2 Å². The molecule has 0 bridgehead atoms. The summed E-state index contributed by atoms with van der Waals surface area (Å²) in [6.07, 6.45) is 3.09. The van der Waals surface area contributed by atoms with Crippen molar-refractivity contribution < 1.29 is 0 Å². The smallest absolute Gasteiger partial charge is 0.135 e. The molecule has 3 heteroatoms. The summed E-state index contributed by atoms with van der Waals surface area (Å²) in [6.45, 7) is 8.60. The number of anilines is 1. The van der Waals surface area contributed by atoms with Crippen LogP contribution >= 0.6 is 0 Å². The van der Waals surface area contributed by atoms with Crippen molar-refractivity contribution in [1.82, 2.24) is 9.78 Å². The molecule has 1 heterocycles. The van der Waals surface area contributed by atoms with Crippen LogP contribution in [0.4, 0.5) is 5.82 Å². The lowest BCUT2D eigenvalue weighted by molar-refractivity contribution is 0.743. The average molecular weight is 243 g/mol. The Morgan fingerprint density at radius 1 is 1.17 bits per heavy atom. The number of hydrogen-bond acceptors (Lipinski definition) is 2. The molecule has 0 radical (unpaired) electrons. The Morgan fingerprint density at radius 3 is 2.50 bits per heavy atom. The van der Waals surface area contributed by atoms with E-state index < -0.39 is 0 Å². The van der Waals surface area contributed by atoms with Gasteiger partial charge < -0.3 is 4.90 Å². The Kier molecular flexibility index (Phi) is 4.03. The fourth-order valence-corrected chi connectivity index (χ4v) is 2.25. The molecule has 1 aromatic heterocycles. The Bertz CT molecular complexity index is 488. The molecule has 0 atom stereocenters. The highest BCUT2D eigenvalue weighted by atomic mass is 15.4. The topological polar surface area (TPSA) is 21.1 Å². The molecule has 0 spiro atoms. The third kappa shape index (κ3) is 2.40. The van der Waals surface area contributed by atoms with Gasteiger partial charge in [-0.1, -0.05) is 25.1 Å². The maximum Gasteiger partial charge on any atom is 0.135 e. The van der Waals surface area contributed by atoms with Crippen molar-refractivity contribution in [2.45, 2.75) is 27.2 Å². The maximum absolute atomic E-state index is 4.51. The Hall–Kier alpha value is -1.77. The number of rotatable bonds is 5. The number of aryl methyl sites for hydroxylation is 1. The van der Waals surface area contributed by atoms with E-state index in [1.807, 2.05) is 29.1 Å². The summed E-state index contributed by atoms with van der Waals surface area (Å²) in [6, 6.07) is 10.3. The highest BCUT2D eigenvalue weighted by Crippen LogP contribution is 2.23. The molecule has 0 aliphatic rings. The Labute approximate surface area is 109 Å². The van der Waals surface area contributed by atoms with Crippen LogP contribution in [0.1, 0.15) is 25.8 Å². The zero-order valence-electron chi connectivity index (χ0n) is 11.4. The van der Waals surface area contributed by atoms with Crippen molar-refractivity contribution in [2.75, 3.05) is 18.0 Å². The lowest BCUT2D eigenvalue weighted by Gasteiger charge is -2.24. The first kappa shape index (κ1) is 12.7. The fourth-order valence-electron chi connectivity index (χ4n) is 2.25. The van der Waals surface area contributed by atoms with Crippen molar-refractivity contribution >= 4 is 5.82 Å². The number of para-hydroxylation sites is 1. The standard InChI is InChI=1S/C15H21N3/c1-4-11-17(5-2)15-13(3)12-16-18(15)14-9-7-6-8-10-14/h6-10,12H,4-5,11H2,1-3H3. The molecular weight excluding hydrogens is 222 g/mol. The van der Waals surface area contributed by atoms with Crippen LogP contribution in [-0.2, 0) is 0 Å². The van der Waals surface area contributed by atoms with Gasteiger partial charge in [0.05, 0.1) is 11.9 Å². The first-order valence-electron chi connectivity index (χ1n) is 6.63. The van der Waals surface area contributed by atoms with E-state index >= 15 is 0 Å². The third-order valence-corrected chi connectivity index (χ3v) is 3.10. The number of nitrogens with zero attached hydrogens (tertiary/aromatic N) is 3. The lowest BCUT2D eigenvalue weighted by atomic mass is 10.3.